The van der Waals surface area contributed by atoms with Crippen molar-refractivity contribution >= 4 is 5.97 Å². The van der Waals surface area contributed by atoms with Crippen molar-refractivity contribution in [2.24, 2.45) is 21.7 Å². The van der Waals surface area contributed by atoms with Gasteiger partial charge in [0.25, 0.3) is 0 Å². The van der Waals surface area contributed by atoms with Gasteiger partial charge < -0.3 is 24.4 Å². The number of aliphatic hydroxyl groups is 1. The van der Waals surface area contributed by atoms with Gasteiger partial charge in [-0.15, -0.1) is 0 Å². The van der Waals surface area contributed by atoms with Gasteiger partial charge in [-0.05, 0) is 60.4 Å². The second-order valence-electron chi connectivity index (χ2n) is 15.1. The molecule has 0 aromatic carbocycles. The van der Waals surface area contributed by atoms with E-state index >= 15 is 0 Å². The fourth-order valence-corrected chi connectivity index (χ4v) is 5.88. The van der Waals surface area contributed by atoms with E-state index < -0.39 is 6.29 Å². The van der Waals surface area contributed by atoms with Gasteiger partial charge in [0, 0.05) is 32.6 Å². The van der Waals surface area contributed by atoms with E-state index in [-0.39, 0.29) is 27.6 Å². The van der Waals surface area contributed by atoms with Crippen molar-refractivity contribution in [3.63, 3.8) is 0 Å². The fourth-order valence-electron chi connectivity index (χ4n) is 5.88. The van der Waals surface area contributed by atoms with Crippen molar-refractivity contribution in [1.82, 2.24) is 9.80 Å². The Morgan fingerprint density at radius 1 is 0.865 bits per heavy atom. The molecule has 0 radical (unpaired) electrons. The maximum absolute atomic E-state index is 12.6. The number of nitrogens with zero attached hydrogens (tertiary/aromatic N) is 2. The van der Waals surface area contributed by atoms with Crippen LogP contribution in [0.4, 0.5) is 0 Å². The van der Waals surface area contributed by atoms with E-state index in [1.165, 1.54) is 12.8 Å². The highest BCUT2D eigenvalue weighted by Gasteiger charge is 2.29. The van der Waals surface area contributed by atoms with Crippen LogP contribution in [0.2, 0.25) is 0 Å². The molecule has 0 bridgehead atoms. The number of carbonyl (C=O) groups excluding carboxylic acids is 1. The van der Waals surface area contributed by atoms with Gasteiger partial charge in [0.15, 0.2) is 6.29 Å². The lowest BCUT2D eigenvalue weighted by Crippen LogP contribution is -2.37. The molecular weight excluding hydrogens is 464 g/mol. The lowest BCUT2D eigenvalue weighted by Gasteiger charge is -2.34. The molecule has 37 heavy (non-hydrogen) atoms. The molecule has 6 heteroatoms. The summed E-state index contributed by atoms with van der Waals surface area (Å²) in [6, 6.07) is 0. The first-order chi connectivity index (χ1) is 16.9. The Morgan fingerprint density at radius 3 is 2.03 bits per heavy atom. The number of hydrogen-bond donors (Lipinski definition) is 1. The number of esters is 1. The Bertz CT molecular complexity index is 648. The van der Waals surface area contributed by atoms with Gasteiger partial charge in [-0.2, -0.15) is 0 Å². The quantitative estimate of drug-likeness (QED) is 0.166. The average molecular weight is 527 g/mol. The molecule has 1 N–H and O–H groups in total. The molecular formula is C31H62N2O4. The predicted molar refractivity (Wildman–Crippen MR) is 155 cm³/mol. The van der Waals surface area contributed by atoms with E-state index in [2.05, 4.69) is 79.0 Å². The largest absolute Gasteiger partial charge is 0.465 e. The molecule has 1 aliphatic rings. The van der Waals surface area contributed by atoms with E-state index in [0.29, 0.717) is 39.1 Å². The van der Waals surface area contributed by atoms with Gasteiger partial charge in [0.1, 0.15) is 0 Å². The van der Waals surface area contributed by atoms with Gasteiger partial charge in [0.05, 0.1) is 19.6 Å². The average Bonchev–Trinajstić information content (AvgIpc) is 3.27. The lowest BCUT2D eigenvalue weighted by atomic mass is 9.74. The first kappa shape index (κ1) is 34.3. The number of hydrogen-bond acceptors (Lipinski definition) is 6. The molecule has 220 valence electrons. The molecule has 1 unspecified atom stereocenters. The Morgan fingerprint density at radius 2 is 1.46 bits per heavy atom. The van der Waals surface area contributed by atoms with Gasteiger partial charge >= 0.3 is 5.97 Å². The summed E-state index contributed by atoms with van der Waals surface area (Å²) in [5.74, 6) is -0.130. The van der Waals surface area contributed by atoms with Gasteiger partial charge in [-0.25, -0.2) is 0 Å². The highest BCUT2D eigenvalue weighted by atomic mass is 16.6. The zero-order chi connectivity index (χ0) is 28.3. The Labute approximate surface area is 229 Å². The fraction of sp³-hybridized carbons (Fsp3) is 0.968. The van der Waals surface area contributed by atoms with Crippen LogP contribution in [-0.2, 0) is 14.3 Å². The molecule has 0 aromatic rings. The van der Waals surface area contributed by atoms with E-state index in [1.54, 1.807) is 0 Å². The second-order valence-corrected chi connectivity index (χ2v) is 15.1. The van der Waals surface area contributed by atoms with Crippen LogP contribution in [-0.4, -0.2) is 79.6 Å². The summed E-state index contributed by atoms with van der Waals surface area (Å²) in [6.45, 7) is 28.8. The van der Waals surface area contributed by atoms with Crippen molar-refractivity contribution < 1.29 is 19.4 Å². The molecule has 0 amide bonds. The van der Waals surface area contributed by atoms with E-state index in [9.17, 15) is 9.90 Å². The number of ether oxygens (including phenoxy) is 2. The number of rotatable bonds is 18. The third-order valence-corrected chi connectivity index (χ3v) is 7.47. The first-order valence-corrected chi connectivity index (χ1v) is 14.8. The maximum Gasteiger partial charge on any atom is 0.307 e. The molecule has 1 rings (SSSR count). The van der Waals surface area contributed by atoms with Crippen molar-refractivity contribution in [2.75, 3.05) is 52.5 Å². The molecule has 1 aliphatic heterocycles. The van der Waals surface area contributed by atoms with Crippen LogP contribution >= 0.6 is 0 Å². The minimum Gasteiger partial charge on any atom is -0.465 e. The summed E-state index contributed by atoms with van der Waals surface area (Å²) >= 11 is 0. The second kappa shape index (κ2) is 15.2. The van der Waals surface area contributed by atoms with E-state index in [0.717, 1.165) is 45.4 Å². The Hall–Kier alpha value is -0.690. The van der Waals surface area contributed by atoms with Crippen LogP contribution in [0, 0.1) is 21.7 Å². The minimum absolute atomic E-state index is 0.0124. The minimum atomic E-state index is -0.789. The highest BCUT2D eigenvalue weighted by Crippen LogP contribution is 2.36. The number of likely N-dealkylation sites (tertiary alicyclic amines) is 1. The van der Waals surface area contributed by atoms with Crippen molar-refractivity contribution in [2.45, 2.75) is 120 Å². The van der Waals surface area contributed by atoms with Crippen LogP contribution in [0.1, 0.15) is 114 Å². The smallest absolute Gasteiger partial charge is 0.307 e. The van der Waals surface area contributed by atoms with Crippen molar-refractivity contribution in [3.8, 4) is 0 Å². The summed E-state index contributed by atoms with van der Waals surface area (Å²) in [6.07, 6.45) is 5.84. The Balaban J connectivity index is 2.53. The van der Waals surface area contributed by atoms with Crippen molar-refractivity contribution in [3.05, 3.63) is 0 Å². The van der Waals surface area contributed by atoms with Gasteiger partial charge in [-0.1, -0.05) is 75.7 Å². The topological polar surface area (TPSA) is 62.2 Å². The Kier molecular flexibility index (Phi) is 14.1. The molecule has 0 aromatic heterocycles. The standard InChI is InChI=1S/C31H62N2O4/c1-11-29(5,6)23-31(9,10)25-37-27(35)15-19-33(21-20-32-16-12-13-17-32)18-14-26(34)36-24-30(7,8)22-28(2,3)4/h26,34H,11-25H2,1-10H3. The predicted octanol–water partition coefficient (Wildman–Crippen LogP) is 6.36. The SMILES string of the molecule is CCC(C)(C)CC(C)(C)COC(=O)CCN(CCC(O)OCC(C)(C)CC(C)(C)C)CCN1CCCC1. The lowest BCUT2D eigenvalue weighted by molar-refractivity contribution is -0.148. The van der Waals surface area contributed by atoms with Crippen LogP contribution in [0.5, 0.6) is 0 Å². The summed E-state index contributed by atoms with van der Waals surface area (Å²) in [4.78, 5) is 17.4. The molecule has 1 heterocycles. The normalized spacial score (nSPS) is 17.0. The molecule has 0 saturated carbocycles. The summed E-state index contributed by atoms with van der Waals surface area (Å²) < 4.78 is 11.6. The first-order valence-electron chi connectivity index (χ1n) is 14.8. The van der Waals surface area contributed by atoms with Crippen LogP contribution in [0.15, 0.2) is 0 Å². The number of aliphatic hydroxyl groups excluding tert-OH is 1. The zero-order valence-corrected chi connectivity index (χ0v) is 26.3. The van der Waals surface area contributed by atoms with Gasteiger partial charge in [0.2, 0.25) is 0 Å². The van der Waals surface area contributed by atoms with Crippen LogP contribution in [0.3, 0.4) is 0 Å². The van der Waals surface area contributed by atoms with Crippen LogP contribution in [0.25, 0.3) is 0 Å². The van der Waals surface area contributed by atoms with Gasteiger partial charge in [-0.3, -0.25) is 4.79 Å². The van der Waals surface area contributed by atoms with E-state index in [4.69, 9.17) is 9.47 Å². The maximum atomic E-state index is 12.6. The monoisotopic (exact) mass is 526 g/mol. The zero-order valence-electron chi connectivity index (χ0n) is 26.3. The molecule has 0 aliphatic carbocycles. The summed E-state index contributed by atoms with van der Waals surface area (Å²) in [5.41, 5.74) is 0.443. The third-order valence-electron chi connectivity index (χ3n) is 7.47. The third kappa shape index (κ3) is 16.8. The highest BCUT2D eigenvalue weighted by molar-refractivity contribution is 5.69. The summed E-state index contributed by atoms with van der Waals surface area (Å²) in [7, 11) is 0. The molecule has 6 nitrogen and oxygen atoms in total. The van der Waals surface area contributed by atoms with E-state index in [1.807, 2.05) is 0 Å². The van der Waals surface area contributed by atoms with Crippen molar-refractivity contribution in [1.29, 1.82) is 0 Å². The summed E-state index contributed by atoms with van der Waals surface area (Å²) in [5, 5.41) is 10.6. The molecule has 0 spiro atoms. The molecule has 1 fully saturated rings. The molecule has 1 saturated heterocycles. The molecule has 1 atom stereocenters. The van der Waals surface area contributed by atoms with Crippen LogP contribution < -0.4 is 0 Å². The number of carbonyl (C=O) groups is 1.